The Balaban J connectivity index is 2.12. The van der Waals surface area contributed by atoms with Gasteiger partial charge in [-0.05, 0) is 55.8 Å². The van der Waals surface area contributed by atoms with Gasteiger partial charge in [-0.2, -0.15) is 5.26 Å². The summed E-state index contributed by atoms with van der Waals surface area (Å²) in [5, 5.41) is 9.49. The minimum absolute atomic E-state index is 0.0273. The van der Waals surface area contributed by atoms with Crippen molar-refractivity contribution in [1.82, 2.24) is 4.57 Å². The molecule has 0 saturated carbocycles. The molecule has 0 aliphatic rings. The molecule has 0 saturated heterocycles. The summed E-state index contributed by atoms with van der Waals surface area (Å²) in [5.74, 6) is -0.398. The average Bonchev–Trinajstić information content (AvgIpc) is 2.99. The second kappa shape index (κ2) is 8.32. The van der Waals surface area contributed by atoms with Crippen LogP contribution in [0, 0.1) is 25.2 Å². The highest BCUT2D eigenvalue weighted by Gasteiger charge is 2.32. The maximum Gasteiger partial charge on any atom is 0.573 e. The Morgan fingerprint density at radius 2 is 1.68 bits per heavy atom. The van der Waals surface area contributed by atoms with Gasteiger partial charge in [-0.15, -0.1) is 13.2 Å². The zero-order valence-corrected chi connectivity index (χ0v) is 17.3. The van der Waals surface area contributed by atoms with E-state index in [-0.39, 0.29) is 10.6 Å². The molecule has 31 heavy (non-hydrogen) atoms. The number of alkyl halides is 3. The topological polar surface area (TPSA) is 72.1 Å². The molecule has 0 aliphatic heterocycles. The molecule has 160 valence electrons. The standard InChI is InChI=1S/C22H17F3N2O3S/c1-15-12-17(13-19(14-26)31(28,29)18-8-4-3-5-9-18)16(2)27(15)20-10-6-7-11-21(20)30-22(23,24)25/h3-13H,1-2H3/b19-13+. The first-order chi connectivity index (χ1) is 14.5. The summed E-state index contributed by atoms with van der Waals surface area (Å²) in [6.07, 6.45) is -3.65. The van der Waals surface area contributed by atoms with Crippen molar-refractivity contribution in [3.63, 3.8) is 0 Å². The van der Waals surface area contributed by atoms with Crippen LogP contribution in [-0.4, -0.2) is 19.3 Å². The molecular formula is C22H17F3N2O3S. The van der Waals surface area contributed by atoms with E-state index in [9.17, 15) is 26.9 Å². The number of nitriles is 1. The fraction of sp³-hybridized carbons (Fsp3) is 0.136. The van der Waals surface area contributed by atoms with Gasteiger partial charge in [0.05, 0.1) is 10.6 Å². The lowest BCUT2D eigenvalue weighted by atomic mass is 10.2. The van der Waals surface area contributed by atoms with Crippen molar-refractivity contribution < 1.29 is 26.3 Å². The van der Waals surface area contributed by atoms with Gasteiger partial charge in [0, 0.05) is 11.4 Å². The molecule has 0 N–H and O–H groups in total. The van der Waals surface area contributed by atoms with E-state index in [0.29, 0.717) is 17.0 Å². The molecule has 0 unspecified atom stereocenters. The second-order valence-electron chi connectivity index (χ2n) is 6.61. The SMILES string of the molecule is Cc1cc(/C=C(\C#N)S(=O)(=O)c2ccccc2)c(C)n1-c1ccccc1OC(F)(F)F. The summed E-state index contributed by atoms with van der Waals surface area (Å²) in [5.41, 5.74) is 1.51. The molecule has 0 bridgehead atoms. The fourth-order valence-corrected chi connectivity index (χ4v) is 4.37. The molecule has 3 aromatic rings. The number of hydrogen-bond donors (Lipinski definition) is 0. The van der Waals surface area contributed by atoms with Gasteiger partial charge in [0.1, 0.15) is 11.0 Å². The van der Waals surface area contributed by atoms with Gasteiger partial charge in [0.15, 0.2) is 5.75 Å². The number of sulfone groups is 1. The van der Waals surface area contributed by atoms with Gasteiger partial charge >= 0.3 is 6.36 Å². The molecule has 2 aromatic carbocycles. The Labute approximate surface area is 177 Å². The molecule has 5 nitrogen and oxygen atoms in total. The number of para-hydroxylation sites is 2. The van der Waals surface area contributed by atoms with E-state index in [1.54, 1.807) is 50.2 Å². The number of aryl methyl sites for hydroxylation is 1. The van der Waals surface area contributed by atoms with Crippen molar-refractivity contribution in [2.45, 2.75) is 25.1 Å². The lowest BCUT2D eigenvalue weighted by Gasteiger charge is -2.16. The Morgan fingerprint density at radius 3 is 2.29 bits per heavy atom. The van der Waals surface area contributed by atoms with Crippen LogP contribution < -0.4 is 4.74 Å². The Morgan fingerprint density at radius 1 is 1.06 bits per heavy atom. The third kappa shape index (κ3) is 4.64. The van der Waals surface area contributed by atoms with E-state index in [1.807, 2.05) is 0 Å². The number of allylic oxidation sites excluding steroid dienone is 1. The predicted octanol–water partition coefficient (Wildman–Crippen LogP) is 5.33. The van der Waals surface area contributed by atoms with Crippen LogP contribution >= 0.6 is 0 Å². The molecule has 1 aromatic heterocycles. The van der Waals surface area contributed by atoms with Crippen LogP contribution in [0.3, 0.4) is 0 Å². The lowest BCUT2D eigenvalue weighted by molar-refractivity contribution is -0.274. The van der Waals surface area contributed by atoms with E-state index >= 15 is 0 Å². The Hall–Kier alpha value is -3.51. The maximum absolute atomic E-state index is 12.8. The van der Waals surface area contributed by atoms with Crippen LogP contribution in [0.25, 0.3) is 11.8 Å². The number of rotatable bonds is 5. The molecule has 0 aliphatic carbocycles. The van der Waals surface area contributed by atoms with Crippen molar-refractivity contribution in [3.05, 3.63) is 82.5 Å². The fourth-order valence-electron chi connectivity index (χ4n) is 3.20. The largest absolute Gasteiger partial charge is 0.573 e. The quantitative estimate of drug-likeness (QED) is 0.497. The maximum atomic E-state index is 12.8. The highest BCUT2D eigenvalue weighted by molar-refractivity contribution is 7.95. The monoisotopic (exact) mass is 446 g/mol. The van der Waals surface area contributed by atoms with E-state index in [2.05, 4.69) is 4.74 Å². The summed E-state index contributed by atoms with van der Waals surface area (Å²) in [6.45, 7) is 3.28. The number of benzene rings is 2. The first-order valence-electron chi connectivity index (χ1n) is 9.00. The van der Waals surface area contributed by atoms with Crippen molar-refractivity contribution in [2.75, 3.05) is 0 Å². The summed E-state index contributed by atoms with van der Waals surface area (Å²) in [6, 6.07) is 16.5. The number of nitrogens with zero attached hydrogens (tertiary/aromatic N) is 2. The first-order valence-corrected chi connectivity index (χ1v) is 10.5. The number of aromatic nitrogens is 1. The number of ether oxygens (including phenoxy) is 1. The van der Waals surface area contributed by atoms with Crippen LogP contribution in [0.5, 0.6) is 5.75 Å². The minimum Gasteiger partial charge on any atom is -0.404 e. The number of halogens is 3. The van der Waals surface area contributed by atoms with Crippen molar-refractivity contribution in [1.29, 1.82) is 5.26 Å². The third-order valence-corrected chi connectivity index (χ3v) is 6.22. The van der Waals surface area contributed by atoms with Crippen molar-refractivity contribution in [2.24, 2.45) is 0 Å². The molecule has 0 spiro atoms. The van der Waals surface area contributed by atoms with Crippen molar-refractivity contribution in [3.8, 4) is 17.5 Å². The second-order valence-corrected chi connectivity index (χ2v) is 8.53. The highest BCUT2D eigenvalue weighted by Crippen LogP contribution is 2.33. The molecule has 3 rings (SSSR count). The smallest absolute Gasteiger partial charge is 0.404 e. The van der Waals surface area contributed by atoms with Crippen LogP contribution in [0.1, 0.15) is 17.0 Å². The van der Waals surface area contributed by atoms with Crippen LogP contribution in [-0.2, 0) is 9.84 Å². The summed E-state index contributed by atoms with van der Waals surface area (Å²) < 4.78 is 69.7. The zero-order chi connectivity index (χ0) is 22.8. The Bertz CT molecular complexity index is 1290. The third-order valence-electron chi connectivity index (χ3n) is 4.54. The van der Waals surface area contributed by atoms with Gasteiger partial charge in [-0.1, -0.05) is 30.3 Å². The highest BCUT2D eigenvalue weighted by atomic mass is 32.2. The van der Waals surface area contributed by atoms with Gasteiger partial charge in [0.25, 0.3) is 0 Å². The zero-order valence-electron chi connectivity index (χ0n) is 16.5. The molecule has 9 heteroatoms. The average molecular weight is 446 g/mol. The molecular weight excluding hydrogens is 429 g/mol. The molecule has 1 heterocycles. The van der Waals surface area contributed by atoms with Crippen LogP contribution in [0.4, 0.5) is 13.2 Å². The number of hydrogen-bond acceptors (Lipinski definition) is 4. The molecule has 0 radical (unpaired) electrons. The summed E-state index contributed by atoms with van der Waals surface area (Å²) in [4.78, 5) is -0.501. The van der Waals surface area contributed by atoms with Crippen LogP contribution in [0.15, 0.2) is 70.5 Å². The predicted molar refractivity (Wildman–Crippen MR) is 109 cm³/mol. The van der Waals surface area contributed by atoms with Gasteiger partial charge in [-0.3, -0.25) is 0 Å². The minimum atomic E-state index is -4.87. The molecule has 0 fully saturated rings. The van der Waals surface area contributed by atoms with Gasteiger partial charge < -0.3 is 9.30 Å². The molecule has 0 atom stereocenters. The van der Waals surface area contributed by atoms with Crippen molar-refractivity contribution >= 4 is 15.9 Å². The normalized spacial score (nSPS) is 12.5. The van der Waals surface area contributed by atoms with Gasteiger partial charge in [-0.25, -0.2) is 8.42 Å². The lowest BCUT2D eigenvalue weighted by Crippen LogP contribution is -2.18. The van der Waals surface area contributed by atoms with Crippen LogP contribution in [0.2, 0.25) is 0 Å². The Kier molecular flexibility index (Phi) is 5.95. The van der Waals surface area contributed by atoms with E-state index < -0.39 is 26.9 Å². The first kappa shape index (κ1) is 22.2. The molecule has 0 amide bonds. The van der Waals surface area contributed by atoms with E-state index in [4.69, 9.17) is 0 Å². The summed E-state index contributed by atoms with van der Waals surface area (Å²) >= 11 is 0. The van der Waals surface area contributed by atoms with E-state index in [0.717, 1.165) is 0 Å². The summed E-state index contributed by atoms with van der Waals surface area (Å²) in [7, 11) is -4.05. The van der Waals surface area contributed by atoms with E-state index in [1.165, 1.54) is 41.0 Å². The van der Waals surface area contributed by atoms with Gasteiger partial charge in [0.2, 0.25) is 9.84 Å².